The van der Waals surface area contributed by atoms with Crippen LogP contribution in [-0.2, 0) is 7.05 Å². The maximum absolute atomic E-state index is 13.6. The van der Waals surface area contributed by atoms with Crippen LogP contribution >= 0.6 is 15.9 Å². The maximum atomic E-state index is 13.6. The number of ether oxygens (including phenoxy) is 3. The van der Waals surface area contributed by atoms with Gasteiger partial charge >= 0.3 is 0 Å². The lowest BCUT2D eigenvalue weighted by molar-refractivity contribution is 0.103. The van der Waals surface area contributed by atoms with Gasteiger partial charge in [0.2, 0.25) is 5.75 Å². The zero-order valence-electron chi connectivity index (χ0n) is 18.4. The molecule has 0 fully saturated rings. The second kappa shape index (κ2) is 7.93. The topological polar surface area (TPSA) is 49.7 Å². The van der Waals surface area contributed by atoms with Crippen LogP contribution in [0.5, 0.6) is 17.2 Å². The van der Waals surface area contributed by atoms with Gasteiger partial charge in [-0.1, -0.05) is 15.9 Å². The molecule has 0 saturated heterocycles. The number of benzene rings is 3. The molecule has 6 heteroatoms. The summed E-state index contributed by atoms with van der Waals surface area (Å²) in [5.74, 6) is 1.28. The van der Waals surface area contributed by atoms with E-state index >= 15 is 0 Å². The Kier molecular flexibility index (Phi) is 5.43. The molecule has 5 nitrogen and oxygen atoms in total. The van der Waals surface area contributed by atoms with Gasteiger partial charge in [-0.3, -0.25) is 4.79 Å². The third-order valence-corrected chi connectivity index (χ3v) is 6.34. The van der Waals surface area contributed by atoms with Crippen molar-refractivity contribution in [2.75, 3.05) is 21.3 Å². The molecule has 0 saturated carbocycles. The average molecular weight is 482 g/mol. The minimum Gasteiger partial charge on any atom is -0.493 e. The quantitative estimate of drug-likeness (QED) is 0.329. The second-order valence-electron chi connectivity index (χ2n) is 7.55. The van der Waals surface area contributed by atoms with Crippen LogP contribution in [0.15, 0.2) is 40.9 Å². The number of nitrogens with zero attached hydrogens (tertiary/aromatic N) is 1. The number of carbonyl (C=O) groups is 1. The van der Waals surface area contributed by atoms with Crippen LogP contribution in [0.1, 0.15) is 27.0 Å². The molecular weight excluding hydrogens is 458 g/mol. The van der Waals surface area contributed by atoms with Crippen LogP contribution in [0.25, 0.3) is 21.8 Å². The predicted octanol–water partition coefficient (Wildman–Crippen LogP) is 5.97. The summed E-state index contributed by atoms with van der Waals surface area (Å²) in [6.45, 7) is 4.05. The molecule has 0 aliphatic heterocycles. The van der Waals surface area contributed by atoms with Gasteiger partial charge in [-0.05, 0) is 61.4 Å². The Hall–Kier alpha value is -2.99. The first kappa shape index (κ1) is 21.2. The summed E-state index contributed by atoms with van der Waals surface area (Å²) in [6.07, 6.45) is 0. The van der Waals surface area contributed by atoms with Crippen molar-refractivity contribution in [1.29, 1.82) is 0 Å². The molecular formula is C25H24BrNO4. The van der Waals surface area contributed by atoms with Crippen molar-refractivity contribution in [3.05, 3.63) is 63.1 Å². The molecule has 31 heavy (non-hydrogen) atoms. The van der Waals surface area contributed by atoms with Crippen molar-refractivity contribution in [2.45, 2.75) is 13.8 Å². The van der Waals surface area contributed by atoms with Gasteiger partial charge < -0.3 is 18.8 Å². The van der Waals surface area contributed by atoms with E-state index in [1.54, 1.807) is 33.5 Å². The Morgan fingerprint density at radius 1 is 0.935 bits per heavy atom. The Labute approximate surface area is 189 Å². The monoisotopic (exact) mass is 481 g/mol. The molecule has 4 rings (SSSR count). The maximum Gasteiger partial charge on any atom is 0.203 e. The van der Waals surface area contributed by atoms with E-state index in [1.807, 2.05) is 26.0 Å². The molecule has 3 aromatic carbocycles. The summed E-state index contributed by atoms with van der Waals surface area (Å²) >= 11 is 3.58. The number of hydrogen-bond acceptors (Lipinski definition) is 4. The first-order chi connectivity index (χ1) is 14.8. The number of ketones is 1. The van der Waals surface area contributed by atoms with E-state index in [0.717, 1.165) is 37.4 Å². The smallest absolute Gasteiger partial charge is 0.203 e. The van der Waals surface area contributed by atoms with Crippen LogP contribution < -0.4 is 14.2 Å². The number of aryl methyl sites for hydroxylation is 3. The molecule has 0 radical (unpaired) electrons. The van der Waals surface area contributed by atoms with Gasteiger partial charge in [-0.25, -0.2) is 0 Å². The van der Waals surface area contributed by atoms with Gasteiger partial charge in [0.05, 0.1) is 26.8 Å². The van der Waals surface area contributed by atoms with Crippen LogP contribution in [-0.4, -0.2) is 31.7 Å². The fourth-order valence-electron chi connectivity index (χ4n) is 4.39. The number of halogens is 1. The summed E-state index contributed by atoms with van der Waals surface area (Å²) in [7, 11) is 6.69. The molecule has 4 aromatic rings. The molecule has 0 atom stereocenters. The lowest BCUT2D eigenvalue weighted by atomic mass is 9.93. The van der Waals surface area contributed by atoms with E-state index in [0.29, 0.717) is 28.4 Å². The summed E-state index contributed by atoms with van der Waals surface area (Å²) in [5, 5.41) is 2.21. The molecule has 0 unspecified atom stereocenters. The minimum atomic E-state index is -0.0891. The Morgan fingerprint density at radius 3 is 2.16 bits per heavy atom. The molecule has 0 N–H and O–H groups in total. The van der Waals surface area contributed by atoms with Crippen molar-refractivity contribution in [3.8, 4) is 17.2 Å². The molecule has 1 aromatic heterocycles. The molecule has 0 aliphatic carbocycles. The summed E-state index contributed by atoms with van der Waals surface area (Å²) in [4.78, 5) is 13.6. The third kappa shape index (κ3) is 3.26. The van der Waals surface area contributed by atoms with Crippen molar-refractivity contribution >= 4 is 43.5 Å². The van der Waals surface area contributed by atoms with Crippen molar-refractivity contribution in [2.24, 2.45) is 7.05 Å². The van der Waals surface area contributed by atoms with Crippen LogP contribution in [0.4, 0.5) is 0 Å². The first-order valence-electron chi connectivity index (χ1n) is 9.84. The van der Waals surface area contributed by atoms with E-state index in [9.17, 15) is 4.79 Å². The number of fused-ring (bicyclic) bond motifs is 3. The molecule has 0 bridgehead atoms. The highest BCUT2D eigenvalue weighted by atomic mass is 79.9. The third-order valence-electron chi connectivity index (χ3n) is 5.85. The molecule has 0 aliphatic rings. The summed E-state index contributed by atoms with van der Waals surface area (Å²) < 4.78 is 19.5. The van der Waals surface area contributed by atoms with Gasteiger partial charge in [-0.15, -0.1) is 0 Å². The van der Waals surface area contributed by atoms with Crippen LogP contribution in [0, 0.1) is 13.8 Å². The molecule has 0 amide bonds. The van der Waals surface area contributed by atoms with Crippen LogP contribution in [0.3, 0.4) is 0 Å². The fraction of sp³-hybridized carbons (Fsp3) is 0.240. The van der Waals surface area contributed by atoms with Crippen molar-refractivity contribution in [3.63, 3.8) is 0 Å². The molecule has 0 spiro atoms. The Balaban J connectivity index is 1.99. The fourth-order valence-corrected chi connectivity index (χ4v) is 4.75. The summed E-state index contributed by atoms with van der Waals surface area (Å²) in [6, 6.07) is 11.6. The number of hydrogen-bond donors (Lipinski definition) is 0. The van der Waals surface area contributed by atoms with Crippen LogP contribution in [0.2, 0.25) is 0 Å². The number of aromatic nitrogens is 1. The SMILES string of the molecule is COc1cc(C(=O)c2cc(C)c3c(c2C)c2cc(Br)ccc2n3C)cc(OC)c1OC. The van der Waals surface area contributed by atoms with E-state index < -0.39 is 0 Å². The second-order valence-corrected chi connectivity index (χ2v) is 8.47. The first-order valence-corrected chi connectivity index (χ1v) is 10.6. The minimum absolute atomic E-state index is 0.0891. The van der Waals surface area contributed by atoms with Gasteiger partial charge in [0.1, 0.15) is 0 Å². The van der Waals surface area contributed by atoms with E-state index in [4.69, 9.17) is 14.2 Å². The Bertz CT molecular complexity index is 1330. The van der Waals surface area contributed by atoms with Crippen molar-refractivity contribution < 1.29 is 19.0 Å². The summed E-state index contributed by atoms with van der Waals surface area (Å²) in [5.41, 5.74) is 5.40. The van der Waals surface area contributed by atoms with Gasteiger partial charge in [-0.2, -0.15) is 0 Å². The lowest BCUT2D eigenvalue weighted by Crippen LogP contribution is -2.07. The highest BCUT2D eigenvalue weighted by Crippen LogP contribution is 2.40. The van der Waals surface area contributed by atoms with E-state index in [1.165, 1.54) is 0 Å². The standard InChI is InChI=1S/C25H24BrNO4/c1-13-9-17(24(28)15-10-20(29-4)25(31-6)21(11-15)30-5)14(2)22-18-12-16(26)7-8-19(18)27(3)23(13)22/h7-12H,1-6H3. The van der Waals surface area contributed by atoms with E-state index in [-0.39, 0.29) is 5.78 Å². The normalized spacial score (nSPS) is 11.2. The lowest BCUT2D eigenvalue weighted by Gasteiger charge is -2.15. The number of rotatable bonds is 5. The highest BCUT2D eigenvalue weighted by Gasteiger charge is 2.22. The zero-order valence-corrected chi connectivity index (χ0v) is 20.0. The number of methoxy groups -OCH3 is 3. The Morgan fingerprint density at radius 2 is 1.58 bits per heavy atom. The highest BCUT2D eigenvalue weighted by molar-refractivity contribution is 9.10. The number of carbonyl (C=O) groups excluding carboxylic acids is 1. The van der Waals surface area contributed by atoms with Crippen molar-refractivity contribution in [1.82, 2.24) is 4.57 Å². The van der Waals surface area contributed by atoms with Gasteiger partial charge in [0.25, 0.3) is 0 Å². The van der Waals surface area contributed by atoms with E-state index in [2.05, 4.69) is 39.7 Å². The molecule has 1 heterocycles. The van der Waals surface area contributed by atoms with Gasteiger partial charge in [0.15, 0.2) is 17.3 Å². The molecule has 160 valence electrons. The zero-order chi connectivity index (χ0) is 22.4. The largest absolute Gasteiger partial charge is 0.493 e. The predicted molar refractivity (Wildman–Crippen MR) is 127 cm³/mol. The van der Waals surface area contributed by atoms with Gasteiger partial charge in [0, 0.05) is 38.9 Å². The average Bonchev–Trinajstić information content (AvgIpc) is 3.06.